The van der Waals surface area contributed by atoms with Crippen LogP contribution in [0.25, 0.3) is 0 Å². The van der Waals surface area contributed by atoms with Gasteiger partial charge in [0.05, 0.1) is 5.69 Å². The number of hydrogen-bond donors (Lipinski definition) is 0. The molecule has 0 radical (unpaired) electrons. The fourth-order valence-corrected chi connectivity index (χ4v) is 3.07. The van der Waals surface area contributed by atoms with E-state index in [1.54, 1.807) is 18.3 Å². The zero-order chi connectivity index (χ0) is 13.3. The fraction of sp³-hybridized carbons (Fsp3) is 0.692. The molecule has 1 fully saturated rings. The summed E-state index contributed by atoms with van der Waals surface area (Å²) in [7, 11) is 0. The third-order valence-electron chi connectivity index (χ3n) is 3.26. The summed E-state index contributed by atoms with van der Waals surface area (Å²) >= 11 is 1.70. The molecule has 0 aromatic carbocycles. The summed E-state index contributed by atoms with van der Waals surface area (Å²) in [6.45, 7) is 11.6. The maximum atomic E-state index is 11.3. The second-order valence-corrected chi connectivity index (χ2v) is 6.59. The van der Waals surface area contributed by atoms with Crippen LogP contribution in [0.15, 0.2) is 5.38 Å². The van der Waals surface area contributed by atoms with Gasteiger partial charge in [-0.05, 0) is 0 Å². The first-order chi connectivity index (χ1) is 8.38. The third-order valence-corrected chi connectivity index (χ3v) is 4.16. The Hall–Kier alpha value is -0.810. The van der Waals surface area contributed by atoms with Crippen LogP contribution >= 0.6 is 23.7 Å². The first-order valence-electron chi connectivity index (χ1n) is 6.34. The van der Waals surface area contributed by atoms with Crippen molar-refractivity contribution in [1.82, 2.24) is 9.88 Å². The van der Waals surface area contributed by atoms with Gasteiger partial charge in [-0.25, -0.2) is 4.98 Å². The molecule has 0 bridgehead atoms. The van der Waals surface area contributed by atoms with Gasteiger partial charge >= 0.3 is 0 Å². The Labute approximate surface area is 125 Å². The van der Waals surface area contributed by atoms with E-state index in [1.165, 1.54) is 0 Å². The molecule has 1 aromatic heterocycles. The van der Waals surface area contributed by atoms with E-state index < -0.39 is 0 Å². The Kier molecular flexibility index (Phi) is 5.21. The monoisotopic (exact) mass is 303 g/mol. The van der Waals surface area contributed by atoms with Gasteiger partial charge in [0.15, 0.2) is 5.13 Å². The second kappa shape index (κ2) is 6.09. The van der Waals surface area contributed by atoms with Gasteiger partial charge in [-0.1, -0.05) is 20.8 Å². The zero-order valence-electron chi connectivity index (χ0n) is 12.0. The molecule has 0 unspecified atom stereocenters. The number of amides is 1. The predicted octanol–water partition coefficient (Wildman–Crippen LogP) is 2.53. The molecule has 0 spiro atoms. The molecule has 4 nitrogen and oxygen atoms in total. The normalized spacial score (nSPS) is 16.2. The van der Waals surface area contributed by atoms with Crippen LogP contribution in [0.5, 0.6) is 0 Å². The minimum Gasteiger partial charge on any atom is -0.345 e. The summed E-state index contributed by atoms with van der Waals surface area (Å²) in [4.78, 5) is 20.2. The Bertz CT molecular complexity index is 433. The molecule has 0 saturated carbocycles. The van der Waals surface area contributed by atoms with Gasteiger partial charge in [0.1, 0.15) is 0 Å². The van der Waals surface area contributed by atoms with E-state index in [1.807, 2.05) is 4.90 Å². The van der Waals surface area contributed by atoms with Gasteiger partial charge in [0.25, 0.3) is 0 Å². The van der Waals surface area contributed by atoms with E-state index in [2.05, 4.69) is 31.1 Å². The Balaban J connectivity index is 0.00000180. The SMILES string of the molecule is CC(=O)N1CCN(c2nc(C(C)(C)C)cs2)CC1.Cl. The fourth-order valence-electron chi connectivity index (χ4n) is 1.97. The standard InChI is InChI=1S/C13H21N3OS.ClH/c1-10(17)15-5-7-16(8-6-15)12-14-11(9-18-12)13(2,3)4;/h9H,5-8H2,1-4H3;1H. The number of piperazine rings is 1. The summed E-state index contributed by atoms with van der Waals surface area (Å²) < 4.78 is 0. The largest absolute Gasteiger partial charge is 0.345 e. The van der Waals surface area contributed by atoms with Crippen LogP contribution in [0.1, 0.15) is 33.4 Å². The number of thiazole rings is 1. The highest BCUT2D eigenvalue weighted by Crippen LogP contribution is 2.28. The number of carbonyl (C=O) groups is 1. The van der Waals surface area contributed by atoms with Crippen molar-refractivity contribution in [3.8, 4) is 0 Å². The minimum atomic E-state index is 0. The lowest BCUT2D eigenvalue weighted by Gasteiger charge is -2.34. The molecular formula is C13H22ClN3OS. The maximum Gasteiger partial charge on any atom is 0.219 e. The van der Waals surface area contributed by atoms with Crippen molar-refractivity contribution in [2.24, 2.45) is 0 Å². The van der Waals surface area contributed by atoms with E-state index in [0.717, 1.165) is 37.0 Å². The lowest BCUT2D eigenvalue weighted by Crippen LogP contribution is -2.48. The van der Waals surface area contributed by atoms with E-state index in [9.17, 15) is 4.79 Å². The molecule has 108 valence electrons. The van der Waals surface area contributed by atoms with Gasteiger partial charge in [-0.3, -0.25) is 4.79 Å². The lowest BCUT2D eigenvalue weighted by atomic mass is 9.93. The van der Waals surface area contributed by atoms with Crippen LogP contribution in [-0.4, -0.2) is 42.0 Å². The molecule has 1 aliphatic heterocycles. The summed E-state index contributed by atoms with van der Waals surface area (Å²) in [5, 5.41) is 3.23. The summed E-state index contributed by atoms with van der Waals surface area (Å²) in [6.07, 6.45) is 0. The highest BCUT2D eigenvalue weighted by Gasteiger charge is 2.23. The van der Waals surface area contributed by atoms with Crippen LogP contribution in [-0.2, 0) is 10.2 Å². The molecule has 6 heteroatoms. The molecule has 1 amide bonds. The number of carbonyl (C=O) groups excluding carboxylic acids is 1. The molecule has 0 aliphatic carbocycles. The van der Waals surface area contributed by atoms with Crippen molar-refractivity contribution in [2.45, 2.75) is 33.1 Å². The van der Waals surface area contributed by atoms with E-state index in [4.69, 9.17) is 4.98 Å². The maximum absolute atomic E-state index is 11.3. The molecule has 1 aliphatic rings. The average molecular weight is 304 g/mol. The highest BCUT2D eigenvalue weighted by atomic mass is 35.5. The van der Waals surface area contributed by atoms with Crippen molar-refractivity contribution in [3.05, 3.63) is 11.1 Å². The lowest BCUT2D eigenvalue weighted by molar-refractivity contribution is -0.129. The Morgan fingerprint density at radius 1 is 1.26 bits per heavy atom. The molecule has 1 saturated heterocycles. The smallest absolute Gasteiger partial charge is 0.219 e. The van der Waals surface area contributed by atoms with Crippen LogP contribution < -0.4 is 4.90 Å². The first-order valence-corrected chi connectivity index (χ1v) is 7.22. The summed E-state index contributed by atoms with van der Waals surface area (Å²) in [5.74, 6) is 0.171. The van der Waals surface area contributed by atoms with Crippen LogP contribution in [0.3, 0.4) is 0 Å². The van der Waals surface area contributed by atoms with Crippen molar-refractivity contribution in [1.29, 1.82) is 0 Å². The Morgan fingerprint density at radius 3 is 2.26 bits per heavy atom. The molecule has 2 heterocycles. The average Bonchev–Trinajstić information content (AvgIpc) is 2.78. The third kappa shape index (κ3) is 3.83. The van der Waals surface area contributed by atoms with E-state index >= 15 is 0 Å². The topological polar surface area (TPSA) is 36.4 Å². The van der Waals surface area contributed by atoms with Gasteiger partial charge < -0.3 is 9.80 Å². The van der Waals surface area contributed by atoms with Crippen LogP contribution in [0, 0.1) is 0 Å². The van der Waals surface area contributed by atoms with Crippen LogP contribution in [0.2, 0.25) is 0 Å². The minimum absolute atomic E-state index is 0. The van der Waals surface area contributed by atoms with Gasteiger partial charge in [0, 0.05) is 43.9 Å². The van der Waals surface area contributed by atoms with Gasteiger partial charge in [0.2, 0.25) is 5.91 Å². The number of hydrogen-bond acceptors (Lipinski definition) is 4. The van der Waals surface area contributed by atoms with Crippen LogP contribution in [0.4, 0.5) is 5.13 Å². The van der Waals surface area contributed by atoms with Crippen molar-refractivity contribution in [3.63, 3.8) is 0 Å². The summed E-state index contributed by atoms with van der Waals surface area (Å²) in [5.41, 5.74) is 1.26. The van der Waals surface area contributed by atoms with Crippen molar-refractivity contribution < 1.29 is 4.79 Å². The number of rotatable bonds is 1. The second-order valence-electron chi connectivity index (χ2n) is 5.76. The number of halogens is 1. The molecular weight excluding hydrogens is 282 g/mol. The molecule has 19 heavy (non-hydrogen) atoms. The molecule has 0 atom stereocenters. The highest BCUT2D eigenvalue weighted by molar-refractivity contribution is 7.13. The predicted molar refractivity (Wildman–Crippen MR) is 82.5 cm³/mol. The van der Waals surface area contributed by atoms with Gasteiger partial charge in [-0.15, -0.1) is 23.7 Å². The number of anilines is 1. The van der Waals surface area contributed by atoms with E-state index in [-0.39, 0.29) is 23.7 Å². The zero-order valence-corrected chi connectivity index (χ0v) is 13.6. The van der Waals surface area contributed by atoms with Crippen molar-refractivity contribution in [2.75, 3.05) is 31.1 Å². The van der Waals surface area contributed by atoms with E-state index in [0.29, 0.717) is 0 Å². The molecule has 0 N–H and O–H groups in total. The quantitative estimate of drug-likeness (QED) is 0.800. The van der Waals surface area contributed by atoms with Gasteiger partial charge in [-0.2, -0.15) is 0 Å². The molecule has 2 rings (SSSR count). The van der Waals surface area contributed by atoms with Crippen molar-refractivity contribution >= 4 is 34.8 Å². The molecule has 1 aromatic rings. The first kappa shape index (κ1) is 16.2. The number of nitrogens with zero attached hydrogens (tertiary/aromatic N) is 3. The summed E-state index contributed by atoms with van der Waals surface area (Å²) in [6, 6.07) is 0. The Morgan fingerprint density at radius 2 is 1.84 bits per heavy atom. The number of aromatic nitrogens is 1.